The minimum atomic E-state index is -1.02. The second-order valence-corrected chi connectivity index (χ2v) is 5.46. The van der Waals surface area contributed by atoms with Crippen molar-refractivity contribution in [1.29, 1.82) is 0 Å². The number of carbonyl (C=O) groups is 2. The summed E-state index contributed by atoms with van der Waals surface area (Å²) in [7, 11) is 0. The van der Waals surface area contributed by atoms with Gasteiger partial charge in [-0.1, -0.05) is 12.1 Å². The first-order valence-electron chi connectivity index (χ1n) is 6.23. The average Bonchev–Trinajstić information content (AvgIpc) is 2.46. The van der Waals surface area contributed by atoms with Crippen molar-refractivity contribution in [2.24, 2.45) is 0 Å². The fourth-order valence-corrected chi connectivity index (χ4v) is 2.92. The number of aryl methyl sites for hydroxylation is 1. The molecule has 21 heavy (non-hydrogen) atoms. The number of carboxylic acids is 1. The Morgan fingerprint density at radius 1 is 1.14 bits per heavy atom. The van der Waals surface area contributed by atoms with Gasteiger partial charge in [0.15, 0.2) is 5.78 Å². The molecular formula is C16H13FO3S. The fraction of sp³-hybridized carbons (Fsp3) is 0.125. The SMILES string of the molecule is Cc1cccc(C(=O)O)c1SCC(=O)c1ccc(F)cc1. The summed E-state index contributed by atoms with van der Waals surface area (Å²) in [6.07, 6.45) is 0. The highest BCUT2D eigenvalue weighted by Gasteiger charge is 2.14. The Hall–Kier alpha value is -2.14. The Morgan fingerprint density at radius 3 is 2.43 bits per heavy atom. The van der Waals surface area contributed by atoms with E-state index in [9.17, 15) is 14.0 Å². The molecule has 0 heterocycles. The van der Waals surface area contributed by atoms with Crippen molar-refractivity contribution in [3.05, 3.63) is 65.0 Å². The van der Waals surface area contributed by atoms with Gasteiger partial charge in [0.1, 0.15) is 5.82 Å². The molecule has 0 aliphatic heterocycles. The molecular weight excluding hydrogens is 291 g/mol. The normalized spacial score (nSPS) is 10.4. The van der Waals surface area contributed by atoms with Crippen LogP contribution in [0.5, 0.6) is 0 Å². The van der Waals surface area contributed by atoms with E-state index in [-0.39, 0.29) is 17.1 Å². The summed E-state index contributed by atoms with van der Waals surface area (Å²) in [4.78, 5) is 23.8. The van der Waals surface area contributed by atoms with Gasteiger partial charge in [-0.2, -0.15) is 0 Å². The second kappa shape index (κ2) is 6.54. The maximum Gasteiger partial charge on any atom is 0.336 e. The van der Waals surface area contributed by atoms with E-state index in [1.54, 1.807) is 19.1 Å². The molecule has 3 nitrogen and oxygen atoms in total. The minimum Gasteiger partial charge on any atom is -0.478 e. The number of hydrogen-bond donors (Lipinski definition) is 1. The molecule has 2 aromatic rings. The summed E-state index contributed by atoms with van der Waals surface area (Å²) in [5.74, 6) is -1.47. The van der Waals surface area contributed by atoms with Crippen LogP contribution in [0.1, 0.15) is 26.3 Å². The zero-order valence-corrected chi connectivity index (χ0v) is 12.1. The third-order valence-electron chi connectivity index (χ3n) is 2.96. The van der Waals surface area contributed by atoms with Gasteiger partial charge < -0.3 is 5.11 Å². The first-order valence-corrected chi connectivity index (χ1v) is 7.22. The monoisotopic (exact) mass is 304 g/mol. The van der Waals surface area contributed by atoms with E-state index in [4.69, 9.17) is 5.11 Å². The number of halogens is 1. The lowest BCUT2D eigenvalue weighted by Gasteiger charge is -2.08. The van der Waals surface area contributed by atoms with E-state index >= 15 is 0 Å². The molecule has 2 rings (SSSR count). The van der Waals surface area contributed by atoms with E-state index in [2.05, 4.69) is 0 Å². The Morgan fingerprint density at radius 2 is 1.81 bits per heavy atom. The van der Waals surface area contributed by atoms with Gasteiger partial charge in [0.2, 0.25) is 0 Å². The second-order valence-electron chi connectivity index (χ2n) is 4.48. The van der Waals surface area contributed by atoms with Gasteiger partial charge in [0.05, 0.1) is 11.3 Å². The smallest absolute Gasteiger partial charge is 0.336 e. The molecule has 0 bridgehead atoms. The number of carbonyl (C=O) groups excluding carboxylic acids is 1. The average molecular weight is 304 g/mol. The van der Waals surface area contributed by atoms with Crippen LogP contribution in [0.2, 0.25) is 0 Å². The molecule has 0 saturated heterocycles. The number of thioether (sulfide) groups is 1. The molecule has 0 atom stereocenters. The molecule has 0 unspecified atom stereocenters. The number of rotatable bonds is 5. The van der Waals surface area contributed by atoms with Gasteiger partial charge in [-0.25, -0.2) is 9.18 Å². The molecule has 5 heteroatoms. The highest BCUT2D eigenvalue weighted by molar-refractivity contribution is 8.00. The standard InChI is InChI=1S/C16H13FO3S/c1-10-3-2-4-13(16(19)20)15(10)21-9-14(18)11-5-7-12(17)8-6-11/h2-8H,9H2,1H3,(H,19,20). The molecule has 0 amide bonds. The van der Waals surface area contributed by atoms with Crippen LogP contribution in [-0.4, -0.2) is 22.6 Å². The summed E-state index contributed by atoms with van der Waals surface area (Å²) in [6, 6.07) is 10.3. The number of benzene rings is 2. The van der Waals surface area contributed by atoms with Crippen LogP contribution in [-0.2, 0) is 0 Å². The van der Waals surface area contributed by atoms with Crippen LogP contribution in [0.25, 0.3) is 0 Å². The molecule has 0 aliphatic rings. The van der Waals surface area contributed by atoms with Crippen molar-refractivity contribution in [2.45, 2.75) is 11.8 Å². The minimum absolute atomic E-state index is 0.108. The van der Waals surface area contributed by atoms with Gasteiger partial charge in [-0.15, -0.1) is 11.8 Å². The van der Waals surface area contributed by atoms with Crippen molar-refractivity contribution in [3.8, 4) is 0 Å². The zero-order chi connectivity index (χ0) is 15.4. The lowest BCUT2D eigenvalue weighted by Crippen LogP contribution is -2.05. The molecule has 0 radical (unpaired) electrons. The maximum absolute atomic E-state index is 12.8. The molecule has 108 valence electrons. The molecule has 1 N–H and O–H groups in total. The third kappa shape index (κ3) is 3.70. The lowest BCUT2D eigenvalue weighted by atomic mass is 10.1. The quantitative estimate of drug-likeness (QED) is 0.674. The number of hydrogen-bond acceptors (Lipinski definition) is 3. The van der Waals surface area contributed by atoms with E-state index in [1.165, 1.54) is 42.1 Å². The molecule has 0 aliphatic carbocycles. The predicted octanol–water partition coefficient (Wildman–Crippen LogP) is 3.81. The first kappa shape index (κ1) is 15.3. The first-order chi connectivity index (χ1) is 9.99. The molecule has 0 aromatic heterocycles. The van der Waals surface area contributed by atoms with Gasteiger partial charge in [-0.05, 0) is 42.8 Å². The summed E-state index contributed by atoms with van der Waals surface area (Å²) in [5.41, 5.74) is 1.41. The van der Waals surface area contributed by atoms with Crippen LogP contribution in [0.3, 0.4) is 0 Å². The van der Waals surface area contributed by atoms with Crippen LogP contribution < -0.4 is 0 Å². The fourth-order valence-electron chi connectivity index (χ4n) is 1.87. The Balaban J connectivity index is 2.15. The largest absolute Gasteiger partial charge is 0.478 e. The zero-order valence-electron chi connectivity index (χ0n) is 11.3. The van der Waals surface area contributed by atoms with Gasteiger partial charge in [-0.3, -0.25) is 4.79 Å². The van der Waals surface area contributed by atoms with E-state index in [0.717, 1.165) is 5.56 Å². The third-order valence-corrected chi connectivity index (χ3v) is 4.19. The van der Waals surface area contributed by atoms with Crippen molar-refractivity contribution >= 4 is 23.5 Å². The topological polar surface area (TPSA) is 54.4 Å². The Labute approximate surface area is 125 Å². The Bertz CT molecular complexity index is 680. The van der Waals surface area contributed by atoms with Gasteiger partial charge in [0, 0.05) is 10.5 Å². The van der Waals surface area contributed by atoms with Crippen LogP contribution >= 0.6 is 11.8 Å². The molecule has 0 fully saturated rings. The summed E-state index contributed by atoms with van der Waals surface area (Å²) >= 11 is 1.19. The lowest BCUT2D eigenvalue weighted by molar-refractivity contribution is 0.0692. The van der Waals surface area contributed by atoms with Crippen molar-refractivity contribution in [3.63, 3.8) is 0 Å². The number of carboxylic acid groups (broad SMARTS) is 1. The summed E-state index contributed by atoms with van der Waals surface area (Å²) < 4.78 is 12.8. The molecule has 2 aromatic carbocycles. The molecule has 0 spiro atoms. The van der Waals surface area contributed by atoms with Crippen molar-refractivity contribution in [2.75, 3.05) is 5.75 Å². The van der Waals surface area contributed by atoms with Crippen LogP contribution in [0.4, 0.5) is 4.39 Å². The summed E-state index contributed by atoms with van der Waals surface area (Å²) in [5, 5.41) is 9.16. The van der Waals surface area contributed by atoms with E-state index in [0.29, 0.717) is 10.5 Å². The van der Waals surface area contributed by atoms with E-state index in [1.807, 2.05) is 0 Å². The van der Waals surface area contributed by atoms with Crippen LogP contribution in [0.15, 0.2) is 47.4 Å². The maximum atomic E-state index is 12.8. The van der Waals surface area contributed by atoms with Gasteiger partial charge in [0.25, 0.3) is 0 Å². The number of aromatic carboxylic acids is 1. The molecule has 0 saturated carbocycles. The highest BCUT2D eigenvalue weighted by atomic mass is 32.2. The Kier molecular flexibility index (Phi) is 4.75. The van der Waals surface area contributed by atoms with Crippen LogP contribution in [0, 0.1) is 12.7 Å². The van der Waals surface area contributed by atoms with Crippen molar-refractivity contribution in [1.82, 2.24) is 0 Å². The highest BCUT2D eigenvalue weighted by Crippen LogP contribution is 2.27. The number of ketones is 1. The predicted molar refractivity (Wildman–Crippen MR) is 79.6 cm³/mol. The van der Waals surface area contributed by atoms with Crippen molar-refractivity contribution < 1.29 is 19.1 Å². The number of Topliss-reactive ketones (excluding diaryl/α,β-unsaturated/α-hetero) is 1. The van der Waals surface area contributed by atoms with E-state index < -0.39 is 11.8 Å². The van der Waals surface area contributed by atoms with Gasteiger partial charge >= 0.3 is 5.97 Å². The summed E-state index contributed by atoms with van der Waals surface area (Å²) in [6.45, 7) is 1.80.